The highest BCUT2D eigenvalue weighted by Crippen LogP contribution is 2.33. The number of carbonyl (C=O) groups is 1. The maximum absolute atomic E-state index is 13.0. The van der Waals surface area contributed by atoms with E-state index in [0.29, 0.717) is 6.54 Å². The van der Waals surface area contributed by atoms with Gasteiger partial charge in [-0.25, -0.2) is 4.98 Å². The van der Waals surface area contributed by atoms with E-state index in [4.69, 9.17) is 4.98 Å². The van der Waals surface area contributed by atoms with Crippen molar-refractivity contribution in [3.63, 3.8) is 0 Å². The van der Waals surface area contributed by atoms with Gasteiger partial charge in [0.15, 0.2) is 0 Å². The van der Waals surface area contributed by atoms with Gasteiger partial charge in [0, 0.05) is 57.2 Å². The monoisotopic (exact) mass is 472 g/mol. The van der Waals surface area contributed by atoms with Crippen LogP contribution in [0.15, 0.2) is 4.79 Å². The quantitative estimate of drug-likeness (QED) is 0.712. The molecule has 0 aromatic carbocycles. The lowest BCUT2D eigenvalue weighted by atomic mass is 9.97. The second kappa shape index (κ2) is 9.82. The molecule has 2 aliphatic heterocycles. The fourth-order valence-corrected chi connectivity index (χ4v) is 6.79. The highest BCUT2D eigenvalue weighted by atomic mass is 32.1. The van der Waals surface area contributed by atoms with Crippen molar-refractivity contribution >= 4 is 27.5 Å². The van der Waals surface area contributed by atoms with Crippen LogP contribution in [-0.4, -0.2) is 100 Å². The third-order valence-electron chi connectivity index (χ3n) is 7.69. The van der Waals surface area contributed by atoms with Crippen LogP contribution in [0.25, 0.3) is 10.2 Å². The number of piperazine rings is 2. The molecule has 5 rings (SSSR count). The van der Waals surface area contributed by atoms with Crippen LogP contribution in [0.4, 0.5) is 0 Å². The molecule has 4 heterocycles. The van der Waals surface area contributed by atoms with Crippen molar-refractivity contribution in [1.82, 2.24) is 29.6 Å². The van der Waals surface area contributed by atoms with Gasteiger partial charge in [-0.05, 0) is 44.7 Å². The molecule has 180 valence electrons. The van der Waals surface area contributed by atoms with Gasteiger partial charge in [0.25, 0.3) is 5.56 Å². The normalized spacial score (nSPS) is 21.9. The van der Waals surface area contributed by atoms with Crippen molar-refractivity contribution in [3.05, 3.63) is 26.6 Å². The number of hydrogen-bond donors (Lipinski definition) is 1. The van der Waals surface area contributed by atoms with Crippen LogP contribution in [0.2, 0.25) is 0 Å². The van der Waals surface area contributed by atoms with Crippen LogP contribution in [0.1, 0.15) is 43.0 Å². The van der Waals surface area contributed by atoms with E-state index in [1.807, 2.05) is 4.90 Å². The van der Waals surface area contributed by atoms with E-state index in [1.54, 1.807) is 11.3 Å². The van der Waals surface area contributed by atoms with Crippen molar-refractivity contribution in [2.24, 2.45) is 0 Å². The average Bonchev–Trinajstić information content (AvgIpc) is 3.22. The van der Waals surface area contributed by atoms with Gasteiger partial charge in [0.05, 0.1) is 18.0 Å². The number of fused-ring (bicyclic) bond motifs is 3. The lowest BCUT2D eigenvalue weighted by Crippen LogP contribution is -2.57. The number of hydrogen-bond acceptors (Lipinski definition) is 7. The number of rotatable bonds is 5. The molecule has 2 saturated heterocycles. The third-order valence-corrected chi connectivity index (χ3v) is 8.88. The Kier molecular flexibility index (Phi) is 6.83. The molecule has 0 saturated carbocycles. The Morgan fingerprint density at radius 1 is 1.03 bits per heavy atom. The SMILES string of the molecule is CCN1CCN(C(=O)[C@H](C)N2CCN(Cc3nc4sc5c(c4c(=O)[nH]3)CCCC5)CC2)CC1. The Hall–Kier alpha value is -1.81. The first kappa shape index (κ1) is 23.0. The Balaban J connectivity index is 1.17. The molecule has 0 spiro atoms. The molecular weight excluding hydrogens is 436 g/mol. The smallest absolute Gasteiger partial charge is 0.259 e. The maximum Gasteiger partial charge on any atom is 0.259 e. The van der Waals surface area contributed by atoms with E-state index >= 15 is 0 Å². The van der Waals surface area contributed by atoms with Crippen molar-refractivity contribution in [2.75, 3.05) is 58.9 Å². The molecule has 3 aliphatic rings. The molecule has 8 nitrogen and oxygen atoms in total. The zero-order valence-corrected chi connectivity index (χ0v) is 20.8. The van der Waals surface area contributed by atoms with Gasteiger partial charge < -0.3 is 14.8 Å². The van der Waals surface area contributed by atoms with E-state index in [0.717, 1.165) is 87.8 Å². The minimum atomic E-state index is -0.0768. The number of aromatic amines is 1. The molecule has 2 aromatic heterocycles. The number of likely N-dealkylation sites (N-methyl/N-ethyl adjacent to an activating group) is 1. The highest BCUT2D eigenvalue weighted by Gasteiger charge is 2.30. The second-order valence-corrected chi connectivity index (χ2v) is 10.7. The number of thiophene rings is 1. The summed E-state index contributed by atoms with van der Waals surface area (Å²) in [6.07, 6.45) is 4.47. The minimum Gasteiger partial charge on any atom is -0.339 e. The molecule has 0 unspecified atom stereocenters. The second-order valence-electron chi connectivity index (χ2n) is 9.65. The summed E-state index contributed by atoms with van der Waals surface area (Å²) in [6.45, 7) is 13.1. The molecule has 0 bridgehead atoms. The molecule has 1 atom stereocenters. The Morgan fingerprint density at radius 2 is 1.73 bits per heavy atom. The van der Waals surface area contributed by atoms with Crippen molar-refractivity contribution in [2.45, 2.75) is 52.1 Å². The first-order valence-electron chi connectivity index (χ1n) is 12.5. The summed E-state index contributed by atoms with van der Waals surface area (Å²) in [5.41, 5.74) is 1.26. The standard InChI is InChI=1S/C24H36N6O2S/c1-3-27-8-14-30(15-9-27)24(32)17(2)29-12-10-28(11-13-29)16-20-25-22(31)21-18-6-4-5-7-19(18)33-23(21)26-20/h17H,3-16H2,1-2H3,(H,25,26,31)/t17-/m0/s1. The highest BCUT2D eigenvalue weighted by molar-refractivity contribution is 7.18. The maximum atomic E-state index is 13.0. The summed E-state index contributed by atoms with van der Waals surface area (Å²) in [5.74, 6) is 1.02. The van der Waals surface area contributed by atoms with Gasteiger partial charge in [-0.15, -0.1) is 11.3 Å². The van der Waals surface area contributed by atoms with Crippen LogP contribution in [0, 0.1) is 0 Å². The summed E-state index contributed by atoms with van der Waals surface area (Å²) in [6, 6.07) is -0.0768. The van der Waals surface area contributed by atoms with Gasteiger partial charge in [-0.2, -0.15) is 0 Å². The molecule has 1 aliphatic carbocycles. The first-order valence-corrected chi connectivity index (χ1v) is 13.4. The molecule has 1 amide bonds. The number of amides is 1. The largest absolute Gasteiger partial charge is 0.339 e. The predicted octanol–water partition coefficient (Wildman–Crippen LogP) is 1.53. The van der Waals surface area contributed by atoms with Gasteiger partial charge in [-0.1, -0.05) is 6.92 Å². The molecule has 33 heavy (non-hydrogen) atoms. The number of aryl methyl sites for hydroxylation is 2. The molecule has 0 radical (unpaired) electrons. The van der Waals surface area contributed by atoms with Crippen molar-refractivity contribution in [1.29, 1.82) is 0 Å². The van der Waals surface area contributed by atoms with Crippen LogP contribution >= 0.6 is 11.3 Å². The Bertz CT molecular complexity index is 1050. The zero-order valence-electron chi connectivity index (χ0n) is 19.9. The first-order chi connectivity index (χ1) is 16.0. The topological polar surface area (TPSA) is 75.8 Å². The van der Waals surface area contributed by atoms with Crippen LogP contribution in [0.3, 0.4) is 0 Å². The lowest BCUT2D eigenvalue weighted by Gasteiger charge is -2.40. The molecular formula is C24H36N6O2S. The summed E-state index contributed by atoms with van der Waals surface area (Å²) in [4.78, 5) is 45.1. The van der Waals surface area contributed by atoms with Gasteiger partial charge in [0.2, 0.25) is 5.91 Å². The van der Waals surface area contributed by atoms with Gasteiger partial charge >= 0.3 is 0 Å². The van der Waals surface area contributed by atoms with Crippen molar-refractivity contribution < 1.29 is 4.79 Å². The van der Waals surface area contributed by atoms with Gasteiger partial charge in [-0.3, -0.25) is 19.4 Å². The van der Waals surface area contributed by atoms with E-state index in [-0.39, 0.29) is 17.5 Å². The predicted molar refractivity (Wildman–Crippen MR) is 132 cm³/mol. The third kappa shape index (κ3) is 4.73. The zero-order chi connectivity index (χ0) is 22.9. The van der Waals surface area contributed by atoms with Crippen molar-refractivity contribution in [3.8, 4) is 0 Å². The van der Waals surface area contributed by atoms with E-state index in [1.165, 1.54) is 23.3 Å². The van der Waals surface area contributed by atoms with Crippen LogP contribution in [-0.2, 0) is 24.2 Å². The summed E-state index contributed by atoms with van der Waals surface area (Å²) < 4.78 is 0. The number of carbonyl (C=O) groups excluding carboxylic acids is 1. The van der Waals surface area contributed by atoms with E-state index in [9.17, 15) is 9.59 Å². The average molecular weight is 473 g/mol. The minimum absolute atomic E-state index is 0.0235. The van der Waals surface area contributed by atoms with E-state index < -0.39 is 0 Å². The lowest BCUT2D eigenvalue weighted by molar-refractivity contribution is -0.138. The number of nitrogens with zero attached hydrogens (tertiary/aromatic N) is 5. The fraction of sp³-hybridized carbons (Fsp3) is 0.708. The number of nitrogens with one attached hydrogen (secondary N) is 1. The fourth-order valence-electron chi connectivity index (χ4n) is 5.51. The van der Waals surface area contributed by atoms with Gasteiger partial charge in [0.1, 0.15) is 10.7 Å². The number of H-pyrrole nitrogens is 1. The molecule has 1 N–H and O–H groups in total. The summed E-state index contributed by atoms with van der Waals surface area (Å²) in [5, 5.41) is 0.829. The van der Waals surface area contributed by atoms with Crippen LogP contribution < -0.4 is 5.56 Å². The molecule has 9 heteroatoms. The van der Waals surface area contributed by atoms with E-state index in [2.05, 4.69) is 33.5 Å². The molecule has 2 aromatic rings. The Labute approximate surface area is 199 Å². The summed E-state index contributed by atoms with van der Waals surface area (Å²) >= 11 is 1.71. The Morgan fingerprint density at radius 3 is 2.45 bits per heavy atom. The molecule has 2 fully saturated rings. The van der Waals surface area contributed by atoms with Crippen LogP contribution in [0.5, 0.6) is 0 Å². The number of aromatic nitrogens is 2. The summed E-state index contributed by atoms with van der Waals surface area (Å²) in [7, 11) is 0.